The molecule has 1 rings (SSSR count). The molecule has 0 aliphatic carbocycles. The van der Waals surface area contributed by atoms with Crippen molar-refractivity contribution < 1.29 is 8.42 Å². The first-order valence-corrected chi connectivity index (χ1v) is 9.63. The Labute approximate surface area is 120 Å². The molecular weight excluding hydrogens is 282 g/mol. The predicted octanol–water partition coefficient (Wildman–Crippen LogP) is 0.870. The number of hydrogen-bond donors (Lipinski definition) is 2. The van der Waals surface area contributed by atoms with Gasteiger partial charge in [0.25, 0.3) is 0 Å². The molecule has 0 aromatic carbocycles. The van der Waals surface area contributed by atoms with Crippen LogP contribution >= 0.6 is 11.8 Å². The third-order valence-electron chi connectivity index (χ3n) is 3.09. The second kappa shape index (κ2) is 6.83. The molecule has 0 saturated carbocycles. The molecule has 5 nitrogen and oxygen atoms in total. The Kier molecular flexibility index (Phi) is 5.98. The van der Waals surface area contributed by atoms with E-state index in [4.69, 9.17) is 0 Å². The van der Waals surface area contributed by atoms with Crippen LogP contribution in [-0.2, 0) is 9.84 Å². The van der Waals surface area contributed by atoms with Crippen molar-refractivity contribution in [3.8, 4) is 0 Å². The van der Waals surface area contributed by atoms with E-state index in [9.17, 15) is 8.42 Å². The van der Waals surface area contributed by atoms with Gasteiger partial charge in [-0.3, -0.25) is 4.99 Å². The summed E-state index contributed by atoms with van der Waals surface area (Å²) in [5.74, 6) is 1.20. The first kappa shape index (κ1) is 16.6. The van der Waals surface area contributed by atoms with Gasteiger partial charge in [-0.1, -0.05) is 0 Å². The van der Waals surface area contributed by atoms with E-state index < -0.39 is 9.84 Å². The van der Waals surface area contributed by atoms with Crippen molar-refractivity contribution in [2.24, 2.45) is 4.99 Å². The summed E-state index contributed by atoms with van der Waals surface area (Å²) in [6.07, 6.45) is 2.73. The van der Waals surface area contributed by atoms with Crippen molar-refractivity contribution in [1.29, 1.82) is 0 Å². The molecule has 7 heteroatoms. The van der Waals surface area contributed by atoms with Crippen molar-refractivity contribution in [1.82, 2.24) is 10.6 Å². The standard InChI is InChI=1S/C12H25N3O2S2/c1-5-13-11(14-9-12(2,3)18-4)15-10-6-7-19(16,17)8-10/h10H,5-9H2,1-4H3,(H2,13,14,15). The van der Waals surface area contributed by atoms with Crippen LogP contribution in [0.15, 0.2) is 4.99 Å². The summed E-state index contributed by atoms with van der Waals surface area (Å²) in [5, 5.41) is 6.39. The number of sulfone groups is 1. The number of thioether (sulfide) groups is 1. The van der Waals surface area contributed by atoms with Crippen molar-refractivity contribution in [3.05, 3.63) is 0 Å². The molecule has 112 valence electrons. The third kappa shape index (κ3) is 6.03. The van der Waals surface area contributed by atoms with E-state index in [1.165, 1.54) is 0 Å². The molecule has 0 spiro atoms. The van der Waals surface area contributed by atoms with Crippen molar-refractivity contribution in [2.45, 2.75) is 38.0 Å². The van der Waals surface area contributed by atoms with Crippen LogP contribution in [0.5, 0.6) is 0 Å². The molecule has 1 saturated heterocycles. The molecule has 1 unspecified atom stereocenters. The maximum atomic E-state index is 11.4. The molecule has 1 atom stereocenters. The van der Waals surface area contributed by atoms with E-state index in [1.807, 2.05) is 6.92 Å². The molecule has 0 amide bonds. The fourth-order valence-electron chi connectivity index (χ4n) is 1.76. The molecule has 2 N–H and O–H groups in total. The summed E-state index contributed by atoms with van der Waals surface area (Å²) >= 11 is 1.77. The smallest absolute Gasteiger partial charge is 0.191 e. The van der Waals surface area contributed by atoms with Gasteiger partial charge in [-0.05, 0) is 33.4 Å². The van der Waals surface area contributed by atoms with Crippen LogP contribution in [0.4, 0.5) is 0 Å². The van der Waals surface area contributed by atoms with Gasteiger partial charge in [-0.15, -0.1) is 0 Å². The quantitative estimate of drug-likeness (QED) is 0.582. The monoisotopic (exact) mass is 307 g/mol. The number of aliphatic imine (C=N–C) groups is 1. The van der Waals surface area contributed by atoms with Crippen LogP contribution < -0.4 is 10.6 Å². The average Bonchev–Trinajstić information content (AvgIpc) is 2.66. The van der Waals surface area contributed by atoms with Crippen molar-refractivity contribution in [3.63, 3.8) is 0 Å². The fourth-order valence-corrected chi connectivity index (χ4v) is 3.62. The number of rotatable bonds is 5. The van der Waals surface area contributed by atoms with Gasteiger partial charge in [-0.2, -0.15) is 11.8 Å². The van der Waals surface area contributed by atoms with Crippen LogP contribution in [0.2, 0.25) is 0 Å². The minimum atomic E-state index is -2.85. The summed E-state index contributed by atoms with van der Waals surface area (Å²) in [7, 11) is -2.85. The molecule has 0 radical (unpaired) electrons. The Balaban J connectivity index is 2.60. The fraction of sp³-hybridized carbons (Fsp3) is 0.917. The normalized spacial score (nSPS) is 23.4. The Hall–Kier alpha value is -0.430. The minimum Gasteiger partial charge on any atom is -0.357 e. The molecule has 0 aromatic rings. The largest absolute Gasteiger partial charge is 0.357 e. The van der Waals surface area contributed by atoms with Gasteiger partial charge in [0.05, 0.1) is 18.1 Å². The van der Waals surface area contributed by atoms with E-state index in [-0.39, 0.29) is 22.3 Å². The third-order valence-corrected chi connectivity index (χ3v) is 6.09. The van der Waals surface area contributed by atoms with Crippen LogP contribution in [0.1, 0.15) is 27.2 Å². The number of guanidine groups is 1. The Morgan fingerprint density at radius 2 is 2.16 bits per heavy atom. The molecular formula is C12H25N3O2S2. The predicted molar refractivity (Wildman–Crippen MR) is 83.8 cm³/mol. The van der Waals surface area contributed by atoms with Crippen LogP contribution in [-0.4, -0.2) is 56.0 Å². The van der Waals surface area contributed by atoms with Gasteiger partial charge in [0, 0.05) is 17.3 Å². The minimum absolute atomic E-state index is 0.0137. The molecule has 1 heterocycles. The highest BCUT2D eigenvalue weighted by atomic mass is 32.2. The number of nitrogens with one attached hydrogen (secondary N) is 2. The Morgan fingerprint density at radius 3 is 2.63 bits per heavy atom. The second-order valence-corrected chi connectivity index (χ2v) is 9.15. The summed E-state index contributed by atoms with van der Waals surface area (Å²) < 4.78 is 23.0. The van der Waals surface area contributed by atoms with Gasteiger partial charge in [-0.25, -0.2) is 8.42 Å². The summed E-state index contributed by atoms with van der Waals surface area (Å²) in [4.78, 5) is 4.55. The van der Waals surface area contributed by atoms with Crippen molar-refractivity contribution in [2.75, 3.05) is 30.9 Å². The average molecular weight is 307 g/mol. The van der Waals surface area contributed by atoms with E-state index in [0.717, 1.165) is 6.54 Å². The molecule has 19 heavy (non-hydrogen) atoms. The molecule has 1 fully saturated rings. The van der Waals surface area contributed by atoms with Gasteiger partial charge in [0.15, 0.2) is 15.8 Å². The van der Waals surface area contributed by atoms with Gasteiger partial charge < -0.3 is 10.6 Å². The highest BCUT2D eigenvalue weighted by Gasteiger charge is 2.28. The number of hydrogen-bond acceptors (Lipinski definition) is 4. The number of nitrogens with zero attached hydrogens (tertiary/aromatic N) is 1. The topological polar surface area (TPSA) is 70.6 Å². The van der Waals surface area contributed by atoms with Crippen LogP contribution in [0.25, 0.3) is 0 Å². The first-order valence-electron chi connectivity index (χ1n) is 6.58. The zero-order chi connectivity index (χ0) is 14.5. The molecule has 0 aromatic heterocycles. The SMILES string of the molecule is CCNC(=NCC(C)(C)SC)NC1CCS(=O)(=O)C1. The van der Waals surface area contributed by atoms with Crippen molar-refractivity contribution >= 4 is 27.6 Å². The summed E-state index contributed by atoms with van der Waals surface area (Å²) in [6.45, 7) is 7.76. The second-order valence-electron chi connectivity index (χ2n) is 5.40. The maximum Gasteiger partial charge on any atom is 0.191 e. The Bertz CT molecular complexity index is 419. The molecule has 1 aliphatic heterocycles. The highest BCUT2D eigenvalue weighted by Crippen LogP contribution is 2.21. The summed E-state index contributed by atoms with van der Waals surface area (Å²) in [5.41, 5.74) is 0. The lowest BCUT2D eigenvalue weighted by molar-refractivity contribution is 0.599. The lowest BCUT2D eigenvalue weighted by atomic mass is 10.2. The van der Waals surface area contributed by atoms with Gasteiger partial charge >= 0.3 is 0 Å². The van der Waals surface area contributed by atoms with Crippen LogP contribution in [0, 0.1) is 0 Å². The molecule has 1 aliphatic rings. The van der Waals surface area contributed by atoms with E-state index in [0.29, 0.717) is 18.9 Å². The summed E-state index contributed by atoms with van der Waals surface area (Å²) in [6, 6.07) is -0.0137. The lowest BCUT2D eigenvalue weighted by Gasteiger charge is -2.21. The van der Waals surface area contributed by atoms with Gasteiger partial charge in [0.2, 0.25) is 0 Å². The highest BCUT2D eigenvalue weighted by molar-refractivity contribution is 7.99. The lowest BCUT2D eigenvalue weighted by Crippen LogP contribution is -2.44. The van der Waals surface area contributed by atoms with E-state index in [2.05, 4.69) is 35.7 Å². The zero-order valence-electron chi connectivity index (χ0n) is 12.2. The van der Waals surface area contributed by atoms with Gasteiger partial charge in [0.1, 0.15) is 0 Å². The zero-order valence-corrected chi connectivity index (χ0v) is 13.8. The van der Waals surface area contributed by atoms with E-state index in [1.54, 1.807) is 11.8 Å². The maximum absolute atomic E-state index is 11.4. The van der Waals surface area contributed by atoms with Crippen LogP contribution in [0.3, 0.4) is 0 Å². The first-order chi connectivity index (χ1) is 8.78. The van der Waals surface area contributed by atoms with E-state index >= 15 is 0 Å². The Morgan fingerprint density at radius 1 is 1.47 bits per heavy atom. The molecule has 0 bridgehead atoms.